The lowest BCUT2D eigenvalue weighted by Gasteiger charge is -2.10. The fourth-order valence-corrected chi connectivity index (χ4v) is 4.24. The van der Waals surface area contributed by atoms with Crippen molar-refractivity contribution < 1.29 is 4.79 Å². The molecule has 0 aliphatic carbocycles. The van der Waals surface area contributed by atoms with Crippen molar-refractivity contribution in [3.8, 4) is 5.69 Å². The number of aryl methyl sites for hydroxylation is 1. The van der Waals surface area contributed by atoms with Crippen molar-refractivity contribution in [3.05, 3.63) is 69.9 Å². The summed E-state index contributed by atoms with van der Waals surface area (Å²) in [5.41, 5.74) is 4.20. The Morgan fingerprint density at radius 2 is 1.96 bits per heavy atom. The lowest BCUT2D eigenvalue weighted by molar-refractivity contribution is -0.121. The summed E-state index contributed by atoms with van der Waals surface area (Å²) in [4.78, 5) is 14.7. The first kappa shape index (κ1) is 18.0. The molecule has 1 amide bonds. The molecule has 2 aromatic rings. The molecule has 2 heterocycles. The number of nitrogens with zero attached hydrogens (tertiary/aromatic N) is 2. The SMILES string of the molecule is C=CCN1C(=O)/C(=C\c2cc(C)n(-c3ccc(Cl)cc3)c2C)SC1=S. The van der Waals surface area contributed by atoms with Crippen LogP contribution in [0.3, 0.4) is 0 Å². The lowest BCUT2D eigenvalue weighted by atomic mass is 10.2. The first-order valence-electron chi connectivity index (χ1n) is 7.73. The highest BCUT2D eigenvalue weighted by Gasteiger charge is 2.31. The molecule has 0 spiro atoms. The predicted molar refractivity (Wildman–Crippen MR) is 110 cm³/mol. The van der Waals surface area contributed by atoms with Crippen molar-refractivity contribution in [1.29, 1.82) is 0 Å². The topological polar surface area (TPSA) is 25.2 Å². The van der Waals surface area contributed by atoms with Gasteiger partial charge < -0.3 is 4.57 Å². The van der Waals surface area contributed by atoms with Crippen LogP contribution in [0.25, 0.3) is 11.8 Å². The van der Waals surface area contributed by atoms with E-state index in [9.17, 15) is 4.79 Å². The van der Waals surface area contributed by atoms with Gasteiger partial charge in [-0.15, -0.1) is 6.58 Å². The van der Waals surface area contributed by atoms with Crippen molar-refractivity contribution in [2.75, 3.05) is 6.54 Å². The van der Waals surface area contributed by atoms with Gasteiger partial charge in [-0.3, -0.25) is 9.69 Å². The van der Waals surface area contributed by atoms with Crippen molar-refractivity contribution in [2.24, 2.45) is 0 Å². The Hall–Kier alpha value is -1.82. The number of carbonyl (C=O) groups excluding carboxylic acids is 1. The lowest BCUT2D eigenvalue weighted by Crippen LogP contribution is -2.27. The third-order valence-corrected chi connectivity index (χ3v) is 5.66. The van der Waals surface area contributed by atoms with Gasteiger partial charge in [0.05, 0.1) is 4.91 Å². The minimum atomic E-state index is -0.0637. The predicted octanol–water partition coefficient (Wildman–Crippen LogP) is 5.13. The summed E-state index contributed by atoms with van der Waals surface area (Å²) < 4.78 is 2.72. The van der Waals surface area contributed by atoms with Crippen LogP contribution in [0.15, 0.2) is 47.9 Å². The van der Waals surface area contributed by atoms with Crippen LogP contribution in [0, 0.1) is 13.8 Å². The molecule has 0 atom stereocenters. The third kappa shape index (κ3) is 3.45. The summed E-state index contributed by atoms with van der Waals surface area (Å²) in [7, 11) is 0. The molecule has 25 heavy (non-hydrogen) atoms. The first-order chi connectivity index (χ1) is 11.9. The zero-order valence-electron chi connectivity index (χ0n) is 14.0. The first-order valence-corrected chi connectivity index (χ1v) is 9.34. The molecule has 1 saturated heterocycles. The molecule has 0 radical (unpaired) electrons. The fourth-order valence-electron chi connectivity index (χ4n) is 2.85. The molecule has 3 rings (SSSR count). The fraction of sp³-hybridized carbons (Fsp3) is 0.158. The molecule has 1 aliphatic heterocycles. The number of aromatic nitrogens is 1. The van der Waals surface area contributed by atoms with Gasteiger partial charge in [-0.05, 0) is 55.8 Å². The molecule has 1 aliphatic rings. The van der Waals surface area contributed by atoms with E-state index in [2.05, 4.69) is 17.2 Å². The number of thiocarbonyl (C=S) groups is 1. The molecular formula is C19H17ClN2OS2. The van der Waals surface area contributed by atoms with E-state index in [1.54, 1.807) is 11.0 Å². The van der Waals surface area contributed by atoms with E-state index in [-0.39, 0.29) is 5.91 Å². The van der Waals surface area contributed by atoms with Gasteiger partial charge in [-0.2, -0.15) is 0 Å². The van der Waals surface area contributed by atoms with Crippen molar-refractivity contribution in [3.63, 3.8) is 0 Å². The minimum absolute atomic E-state index is 0.0637. The Morgan fingerprint density at radius 1 is 1.28 bits per heavy atom. The van der Waals surface area contributed by atoms with E-state index in [0.717, 1.165) is 22.6 Å². The summed E-state index contributed by atoms with van der Waals surface area (Å²) >= 11 is 12.6. The second-order valence-electron chi connectivity index (χ2n) is 5.72. The van der Waals surface area contributed by atoms with Gasteiger partial charge in [0.15, 0.2) is 0 Å². The number of benzene rings is 1. The average molecular weight is 389 g/mol. The third-order valence-electron chi connectivity index (χ3n) is 4.03. The second-order valence-corrected chi connectivity index (χ2v) is 7.83. The zero-order valence-corrected chi connectivity index (χ0v) is 16.3. The Bertz CT molecular complexity index is 897. The van der Waals surface area contributed by atoms with Crippen LogP contribution in [0.4, 0.5) is 0 Å². The van der Waals surface area contributed by atoms with Crippen molar-refractivity contribution in [1.82, 2.24) is 9.47 Å². The number of rotatable bonds is 4. The van der Waals surface area contributed by atoms with E-state index in [0.29, 0.717) is 20.8 Å². The van der Waals surface area contributed by atoms with Crippen molar-refractivity contribution >= 4 is 51.9 Å². The second kappa shape index (κ2) is 7.20. The van der Waals surface area contributed by atoms with Gasteiger partial charge in [0, 0.05) is 28.6 Å². The highest BCUT2D eigenvalue weighted by molar-refractivity contribution is 8.26. The molecule has 128 valence electrons. The molecule has 6 heteroatoms. The largest absolute Gasteiger partial charge is 0.318 e. The number of hydrogen-bond donors (Lipinski definition) is 0. The molecule has 0 saturated carbocycles. The standard InChI is InChI=1S/C19H17ClN2OS2/c1-4-9-21-18(23)17(25-19(21)24)11-14-10-12(2)22(13(14)3)16-7-5-15(20)6-8-16/h4-8,10-11H,1,9H2,2-3H3/b17-11+. The van der Waals surface area contributed by atoms with Gasteiger partial charge >= 0.3 is 0 Å². The van der Waals surface area contributed by atoms with E-state index in [1.807, 2.05) is 44.2 Å². The van der Waals surface area contributed by atoms with E-state index < -0.39 is 0 Å². The van der Waals surface area contributed by atoms with Crippen LogP contribution in [-0.2, 0) is 4.79 Å². The number of amides is 1. The van der Waals surface area contributed by atoms with Crippen molar-refractivity contribution in [2.45, 2.75) is 13.8 Å². The summed E-state index contributed by atoms with van der Waals surface area (Å²) in [6.45, 7) is 8.20. The Balaban J connectivity index is 1.99. The van der Waals surface area contributed by atoms with E-state index in [4.69, 9.17) is 23.8 Å². The Morgan fingerprint density at radius 3 is 2.60 bits per heavy atom. The molecule has 1 aromatic carbocycles. The molecule has 0 unspecified atom stereocenters. The molecule has 3 nitrogen and oxygen atoms in total. The van der Waals surface area contributed by atoms with E-state index >= 15 is 0 Å². The quantitative estimate of drug-likeness (QED) is 0.412. The van der Waals surface area contributed by atoms with Crippen LogP contribution in [0.5, 0.6) is 0 Å². The number of hydrogen-bond acceptors (Lipinski definition) is 3. The molecule has 1 aromatic heterocycles. The Kier molecular flexibility index (Phi) is 5.18. The summed E-state index contributed by atoms with van der Waals surface area (Å²) in [5, 5.41) is 0.706. The smallest absolute Gasteiger partial charge is 0.266 e. The minimum Gasteiger partial charge on any atom is -0.318 e. The number of thioether (sulfide) groups is 1. The van der Waals surface area contributed by atoms with Crippen LogP contribution in [0.1, 0.15) is 17.0 Å². The molecule has 0 N–H and O–H groups in total. The normalized spacial score (nSPS) is 16.1. The van der Waals surface area contributed by atoms with Crippen LogP contribution in [0.2, 0.25) is 5.02 Å². The highest BCUT2D eigenvalue weighted by Crippen LogP contribution is 2.34. The van der Waals surface area contributed by atoms with Gasteiger partial charge in [0.2, 0.25) is 0 Å². The summed E-state index contributed by atoms with van der Waals surface area (Å²) in [6.07, 6.45) is 3.59. The molecular weight excluding hydrogens is 372 g/mol. The molecule has 0 bridgehead atoms. The van der Waals surface area contributed by atoms with E-state index in [1.165, 1.54) is 11.8 Å². The van der Waals surface area contributed by atoms with Gasteiger partial charge in [-0.1, -0.05) is 41.7 Å². The zero-order chi connectivity index (χ0) is 18.1. The monoisotopic (exact) mass is 388 g/mol. The van der Waals surface area contributed by atoms with Crippen LogP contribution >= 0.6 is 35.6 Å². The van der Waals surface area contributed by atoms with Gasteiger partial charge in [0.25, 0.3) is 5.91 Å². The van der Waals surface area contributed by atoms with Crippen LogP contribution in [-0.4, -0.2) is 26.2 Å². The van der Waals surface area contributed by atoms with Gasteiger partial charge in [0.1, 0.15) is 4.32 Å². The molecule has 1 fully saturated rings. The van der Waals surface area contributed by atoms with Gasteiger partial charge in [-0.25, -0.2) is 0 Å². The van der Waals surface area contributed by atoms with Crippen LogP contribution < -0.4 is 0 Å². The maximum atomic E-state index is 12.5. The number of halogens is 1. The summed E-state index contributed by atoms with van der Waals surface area (Å²) in [5.74, 6) is -0.0637. The maximum absolute atomic E-state index is 12.5. The summed E-state index contributed by atoms with van der Waals surface area (Å²) in [6, 6.07) is 9.78. The maximum Gasteiger partial charge on any atom is 0.266 e. The Labute approximate surface area is 162 Å². The highest BCUT2D eigenvalue weighted by atomic mass is 35.5. The average Bonchev–Trinajstić information content (AvgIpc) is 3.00. The number of carbonyl (C=O) groups is 1.